The van der Waals surface area contributed by atoms with Crippen molar-refractivity contribution in [1.29, 1.82) is 0 Å². The van der Waals surface area contributed by atoms with E-state index in [0.717, 1.165) is 23.3 Å². The average molecular weight is 390 g/mol. The average Bonchev–Trinajstić information content (AvgIpc) is 2.96. The number of amides is 2. The highest BCUT2D eigenvalue weighted by Gasteiger charge is 2.25. The molecule has 2 amide bonds. The van der Waals surface area contributed by atoms with Crippen molar-refractivity contribution in [3.8, 4) is 5.75 Å². The Morgan fingerprint density at radius 3 is 2.59 bits per heavy atom. The fraction of sp³-hybridized carbons (Fsp3) is 0.316. The molecule has 27 heavy (non-hydrogen) atoms. The first-order chi connectivity index (χ1) is 12.9. The number of aryl methyl sites for hydroxylation is 1. The number of primary amides is 1. The summed E-state index contributed by atoms with van der Waals surface area (Å²) in [6.07, 6.45) is 0.858. The molecule has 3 N–H and O–H groups in total. The molecule has 0 aliphatic rings. The quantitative estimate of drug-likeness (QED) is 0.674. The van der Waals surface area contributed by atoms with Gasteiger partial charge in [-0.25, -0.2) is 4.79 Å². The smallest absolute Gasteiger partial charge is 0.341 e. The summed E-state index contributed by atoms with van der Waals surface area (Å²) in [7, 11) is 0. The first kappa shape index (κ1) is 20.4. The molecule has 0 aliphatic heterocycles. The Hall–Kier alpha value is -2.87. The number of nitrogens with two attached hydrogens (primary N) is 1. The molecule has 0 unspecified atom stereocenters. The van der Waals surface area contributed by atoms with E-state index in [0.29, 0.717) is 11.3 Å². The minimum Gasteiger partial charge on any atom is -0.484 e. The Labute approximate surface area is 161 Å². The van der Waals surface area contributed by atoms with Gasteiger partial charge in [0, 0.05) is 0 Å². The number of carbonyl (C=O) groups excluding carboxylic acids is 3. The molecule has 7 nitrogen and oxygen atoms in total. The lowest BCUT2D eigenvalue weighted by Crippen LogP contribution is -2.21. The van der Waals surface area contributed by atoms with Crippen LogP contribution in [0.25, 0.3) is 0 Å². The molecule has 8 heteroatoms. The number of rotatable bonds is 8. The molecule has 144 valence electrons. The third-order valence-electron chi connectivity index (χ3n) is 3.78. The van der Waals surface area contributed by atoms with Crippen LogP contribution in [0.3, 0.4) is 0 Å². The second-order valence-electron chi connectivity index (χ2n) is 5.68. The van der Waals surface area contributed by atoms with Crippen molar-refractivity contribution < 1.29 is 23.9 Å². The molecule has 2 aromatic rings. The number of hydrogen-bond donors (Lipinski definition) is 2. The van der Waals surface area contributed by atoms with E-state index in [4.69, 9.17) is 15.2 Å². The Morgan fingerprint density at radius 1 is 1.22 bits per heavy atom. The lowest BCUT2D eigenvalue weighted by molar-refractivity contribution is -0.118. The van der Waals surface area contributed by atoms with Crippen LogP contribution >= 0.6 is 11.3 Å². The van der Waals surface area contributed by atoms with Gasteiger partial charge in [-0.05, 0) is 43.5 Å². The fourth-order valence-electron chi connectivity index (χ4n) is 2.45. The molecule has 0 radical (unpaired) electrons. The molecule has 1 heterocycles. The second kappa shape index (κ2) is 9.18. The number of benzene rings is 1. The molecule has 2 rings (SSSR count). The first-order valence-electron chi connectivity index (χ1n) is 8.49. The number of carbonyl (C=O) groups is 3. The van der Waals surface area contributed by atoms with E-state index < -0.39 is 17.8 Å². The maximum Gasteiger partial charge on any atom is 0.341 e. The normalized spacial score (nSPS) is 10.3. The van der Waals surface area contributed by atoms with Crippen molar-refractivity contribution in [2.45, 2.75) is 27.2 Å². The number of thiophene rings is 1. The van der Waals surface area contributed by atoms with E-state index in [1.54, 1.807) is 19.9 Å². The molecule has 0 aliphatic carbocycles. The standard InChI is InChI=1S/C19H22N2O5S/c1-4-12-7-6-8-13(9-12)26-10-14(22)21-18-15(19(24)25-5-2)11(3)16(27-18)17(20)23/h6-9H,4-5,10H2,1-3H3,(H2,20,23)(H,21,22). The van der Waals surface area contributed by atoms with Crippen LogP contribution < -0.4 is 15.8 Å². The molecule has 1 aromatic heterocycles. The van der Waals surface area contributed by atoms with Crippen LogP contribution in [-0.2, 0) is 16.0 Å². The van der Waals surface area contributed by atoms with Gasteiger partial charge in [0.1, 0.15) is 10.8 Å². The maximum absolute atomic E-state index is 12.3. The van der Waals surface area contributed by atoms with Gasteiger partial charge < -0.3 is 20.5 Å². The molecule has 0 saturated heterocycles. The minimum atomic E-state index is -0.670. The summed E-state index contributed by atoms with van der Waals surface area (Å²) in [4.78, 5) is 36.2. The summed E-state index contributed by atoms with van der Waals surface area (Å²) < 4.78 is 10.5. The van der Waals surface area contributed by atoms with Crippen LogP contribution in [0.15, 0.2) is 24.3 Å². The van der Waals surface area contributed by atoms with Gasteiger partial charge in [0.2, 0.25) is 0 Å². The summed E-state index contributed by atoms with van der Waals surface area (Å²) in [5, 5.41) is 2.83. The molecule has 0 atom stereocenters. The number of esters is 1. The third kappa shape index (κ3) is 5.07. The number of hydrogen-bond acceptors (Lipinski definition) is 6. The van der Waals surface area contributed by atoms with Gasteiger partial charge >= 0.3 is 5.97 Å². The summed E-state index contributed by atoms with van der Waals surface area (Å²) in [5.74, 6) is -1.17. The monoisotopic (exact) mass is 390 g/mol. The van der Waals surface area contributed by atoms with Gasteiger partial charge in [-0.15, -0.1) is 11.3 Å². The van der Waals surface area contributed by atoms with Gasteiger partial charge in [0.05, 0.1) is 17.0 Å². The molecule has 0 saturated carbocycles. The molecule has 0 bridgehead atoms. The van der Waals surface area contributed by atoms with Crippen LogP contribution in [-0.4, -0.2) is 31.0 Å². The summed E-state index contributed by atoms with van der Waals surface area (Å²) in [6, 6.07) is 7.44. The van der Waals surface area contributed by atoms with Gasteiger partial charge in [-0.1, -0.05) is 19.1 Å². The van der Waals surface area contributed by atoms with Crippen LogP contribution in [0.4, 0.5) is 5.00 Å². The Bertz CT molecular complexity index is 860. The topological polar surface area (TPSA) is 108 Å². The van der Waals surface area contributed by atoms with Crippen molar-refractivity contribution in [1.82, 2.24) is 0 Å². The van der Waals surface area contributed by atoms with Crippen molar-refractivity contribution >= 4 is 34.1 Å². The van der Waals surface area contributed by atoms with Gasteiger partial charge in [-0.2, -0.15) is 0 Å². The number of anilines is 1. The van der Waals surface area contributed by atoms with Crippen LogP contribution in [0, 0.1) is 6.92 Å². The number of ether oxygens (including phenoxy) is 2. The zero-order valence-electron chi connectivity index (χ0n) is 15.5. The van der Waals surface area contributed by atoms with Crippen molar-refractivity contribution in [2.75, 3.05) is 18.5 Å². The highest BCUT2D eigenvalue weighted by atomic mass is 32.1. The zero-order chi connectivity index (χ0) is 20.0. The fourth-order valence-corrected chi connectivity index (χ4v) is 3.52. The van der Waals surface area contributed by atoms with Crippen molar-refractivity contribution in [3.63, 3.8) is 0 Å². The summed E-state index contributed by atoms with van der Waals surface area (Å²) in [5.41, 5.74) is 6.96. The molecular weight excluding hydrogens is 368 g/mol. The second-order valence-corrected chi connectivity index (χ2v) is 6.70. The van der Waals surface area contributed by atoms with E-state index in [1.807, 2.05) is 25.1 Å². The van der Waals surface area contributed by atoms with Crippen molar-refractivity contribution in [2.24, 2.45) is 5.73 Å². The Morgan fingerprint density at radius 2 is 1.96 bits per heavy atom. The van der Waals surface area contributed by atoms with Crippen molar-refractivity contribution in [3.05, 3.63) is 45.8 Å². The lowest BCUT2D eigenvalue weighted by Gasteiger charge is -2.09. The van der Waals surface area contributed by atoms with Crippen LogP contribution in [0.5, 0.6) is 5.75 Å². The van der Waals surface area contributed by atoms with E-state index in [1.165, 1.54) is 0 Å². The molecule has 0 spiro atoms. The summed E-state index contributed by atoms with van der Waals surface area (Å²) >= 11 is 0.942. The lowest BCUT2D eigenvalue weighted by atomic mass is 10.1. The van der Waals surface area contributed by atoms with E-state index in [-0.39, 0.29) is 28.7 Å². The van der Waals surface area contributed by atoms with Crippen LogP contribution in [0.1, 0.15) is 45.0 Å². The molecular formula is C19H22N2O5S. The minimum absolute atomic E-state index is 0.136. The van der Waals surface area contributed by atoms with Gasteiger partial charge in [0.25, 0.3) is 11.8 Å². The largest absolute Gasteiger partial charge is 0.484 e. The Kier molecular flexibility index (Phi) is 6.95. The van der Waals surface area contributed by atoms with Gasteiger partial charge in [0.15, 0.2) is 6.61 Å². The first-order valence-corrected chi connectivity index (χ1v) is 9.30. The van der Waals surface area contributed by atoms with E-state index in [9.17, 15) is 14.4 Å². The third-order valence-corrected chi connectivity index (χ3v) is 5.00. The number of nitrogens with one attached hydrogen (secondary N) is 1. The predicted molar refractivity (Wildman–Crippen MR) is 103 cm³/mol. The highest BCUT2D eigenvalue weighted by molar-refractivity contribution is 7.18. The van der Waals surface area contributed by atoms with E-state index in [2.05, 4.69) is 5.32 Å². The molecule has 0 fully saturated rings. The van der Waals surface area contributed by atoms with E-state index >= 15 is 0 Å². The Balaban J connectivity index is 2.15. The summed E-state index contributed by atoms with van der Waals surface area (Å²) in [6.45, 7) is 5.22. The molecule has 1 aromatic carbocycles. The zero-order valence-corrected chi connectivity index (χ0v) is 16.3. The SMILES string of the molecule is CCOC(=O)c1c(NC(=O)COc2cccc(CC)c2)sc(C(N)=O)c1C. The van der Waals surface area contributed by atoms with Crippen LogP contribution in [0.2, 0.25) is 0 Å². The van der Waals surface area contributed by atoms with Gasteiger partial charge in [-0.3, -0.25) is 9.59 Å². The highest BCUT2D eigenvalue weighted by Crippen LogP contribution is 2.33. The predicted octanol–water partition coefficient (Wildman–Crippen LogP) is 2.91. The maximum atomic E-state index is 12.3.